The summed E-state index contributed by atoms with van der Waals surface area (Å²) in [6.45, 7) is 3.19. The largest absolute Gasteiger partial charge is 0.508 e. The van der Waals surface area contributed by atoms with Crippen LogP contribution in [0, 0.1) is 5.82 Å². The Bertz CT molecular complexity index is 465. The minimum absolute atomic E-state index is 0.0968. The summed E-state index contributed by atoms with van der Waals surface area (Å²) in [4.78, 5) is 12.4. The molecule has 104 valence electrons. The molecule has 19 heavy (non-hydrogen) atoms. The van der Waals surface area contributed by atoms with Crippen molar-refractivity contribution >= 4 is 5.97 Å². The van der Waals surface area contributed by atoms with E-state index < -0.39 is 17.4 Å². The standard InChI is InChI=1S/C13H16FNO4/c1-13(19-6-12(17)18)7-15(8-13)5-9-2-10(14)4-11(16)3-9/h2-4,16H,5-8H2,1H3,(H,17,18). The number of aliphatic carboxylic acids is 1. The second-order valence-electron chi connectivity index (χ2n) is 5.10. The van der Waals surface area contributed by atoms with Gasteiger partial charge in [0.2, 0.25) is 0 Å². The van der Waals surface area contributed by atoms with Crippen molar-refractivity contribution in [2.24, 2.45) is 0 Å². The van der Waals surface area contributed by atoms with Crippen LogP contribution in [-0.2, 0) is 16.1 Å². The molecule has 1 heterocycles. The fraction of sp³-hybridized carbons (Fsp3) is 0.462. The predicted molar refractivity (Wildman–Crippen MR) is 65.3 cm³/mol. The molecule has 2 rings (SSSR count). The number of halogens is 1. The van der Waals surface area contributed by atoms with E-state index in [2.05, 4.69) is 0 Å². The lowest BCUT2D eigenvalue weighted by Gasteiger charge is -2.47. The number of ether oxygens (including phenoxy) is 1. The van der Waals surface area contributed by atoms with Gasteiger partial charge in [-0.05, 0) is 24.6 Å². The molecule has 1 fully saturated rings. The molecule has 1 aliphatic rings. The average Bonchev–Trinajstić information content (AvgIpc) is 2.22. The zero-order valence-corrected chi connectivity index (χ0v) is 10.6. The second-order valence-corrected chi connectivity index (χ2v) is 5.10. The number of phenolic OH excluding ortho intramolecular Hbond substituents is 1. The van der Waals surface area contributed by atoms with Gasteiger partial charge in [0.05, 0.1) is 5.60 Å². The van der Waals surface area contributed by atoms with Gasteiger partial charge in [-0.25, -0.2) is 9.18 Å². The first-order valence-corrected chi connectivity index (χ1v) is 5.93. The Balaban J connectivity index is 1.85. The Labute approximate surface area is 110 Å². The number of hydrogen-bond acceptors (Lipinski definition) is 4. The van der Waals surface area contributed by atoms with E-state index in [0.29, 0.717) is 25.2 Å². The van der Waals surface area contributed by atoms with Crippen LogP contribution in [0.1, 0.15) is 12.5 Å². The Kier molecular flexibility index (Phi) is 3.73. The molecule has 1 aromatic carbocycles. The molecule has 2 N–H and O–H groups in total. The molecule has 6 heteroatoms. The molecule has 5 nitrogen and oxygen atoms in total. The molecule has 1 aromatic rings. The Morgan fingerprint density at radius 1 is 1.47 bits per heavy atom. The van der Waals surface area contributed by atoms with E-state index in [9.17, 15) is 14.3 Å². The van der Waals surface area contributed by atoms with E-state index in [0.717, 1.165) is 6.07 Å². The molecule has 0 aliphatic carbocycles. The van der Waals surface area contributed by atoms with E-state index in [1.165, 1.54) is 12.1 Å². The van der Waals surface area contributed by atoms with Gasteiger partial charge < -0.3 is 14.9 Å². The number of likely N-dealkylation sites (tertiary alicyclic amines) is 1. The SMILES string of the molecule is CC1(OCC(=O)O)CN(Cc2cc(O)cc(F)c2)C1. The van der Waals surface area contributed by atoms with Crippen molar-refractivity contribution in [1.82, 2.24) is 4.90 Å². The van der Waals surface area contributed by atoms with Gasteiger partial charge in [0.1, 0.15) is 18.2 Å². The van der Waals surface area contributed by atoms with Crippen LogP contribution in [0.4, 0.5) is 4.39 Å². The summed E-state index contributed by atoms with van der Waals surface area (Å²) in [7, 11) is 0. The smallest absolute Gasteiger partial charge is 0.329 e. The maximum Gasteiger partial charge on any atom is 0.329 e. The van der Waals surface area contributed by atoms with Gasteiger partial charge in [-0.1, -0.05) is 0 Å². The quantitative estimate of drug-likeness (QED) is 0.840. The number of rotatable bonds is 5. The molecule has 0 atom stereocenters. The van der Waals surface area contributed by atoms with E-state index in [-0.39, 0.29) is 12.4 Å². The van der Waals surface area contributed by atoms with Crippen molar-refractivity contribution in [3.8, 4) is 5.75 Å². The maximum absolute atomic E-state index is 13.1. The lowest BCUT2D eigenvalue weighted by atomic mass is 9.95. The van der Waals surface area contributed by atoms with Crippen LogP contribution < -0.4 is 0 Å². The summed E-state index contributed by atoms with van der Waals surface area (Å²) in [5.41, 5.74) is 0.214. The monoisotopic (exact) mass is 269 g/mol. The highest BCUT2D eigenvalue weighted by atomic mass is 19.1. The van der Waals surface area contributed by atoms with Crippen LogP contribution in [0.25, 0.3) is 0 Å². The van der Waals surface area contributed by atoms with Gasteiger partial charge in [-0.15, -0.1) is 0 Å². The van der Waals surface area contributed by atoms with Gasteiger partial charge in [0.25, 0.3) is 0 Å². The Hall–Kier alpha value is -1.66. The Morgan fingerprint density at radius 3 is 2.74 bits per heavy atom. The third-order valence-electron chi connectivity index (χ3n) is 3.01. The highest BCUT2D eigenvalue weighted by molar-refractivity contribution is 5.68. The molecule has 0 radical (unpaired) electrons. The van der Waals surface area contributed by atoms with Gasteiger partial charge in [0, 0.05) is 25.7 Å². The summed E-state index contributed by atoms with van der Waals surface area (Å²) in [5.74, 6) is -1.56. The minimum atomic E-state index is -0.991. The molecular weight excluding hydrogens is 253 g/mol. The highest BCUT2D eigenvalue weighted by Gasteiger charge is 2.39. The Morgan fingerprint density at radius 2 is 2.16 bits per heavy atom. The van der Waals surface area contributed by atoms with Crippen LogP contribution in [0.2, 0.25) is 0 Å². The summed E-state index contributed by atoms with van der Waals surface area (Å²) in [6.07, 6.45) is 0. The number of aromatic hydroxyl groups is 1. The van der Waals surface area contributed by atoms with Gasteiger partial charge in [0.15, 0.2) is 0 Å². The van der Waals surface area contributed by atoms with Crippen LogP contribution >= 0.6 is 0 Å². The molecular formula is C13H16FNO4. The molecule has 1 saturated heterocycles. The van der Waals surface area contributed by atoms with Crippen LogP contribution in [0.15, 0.2) is 18.2 Å². The number of carboxylic acid groups (broad SMARTS) is 1. The van der Waals surface area contributed by atoms with Gasteiger partial charge in [-0.3, -0.25) is 4.90 Å². The maximum atomic E-state index is 13.1. The number of carboxylic acids is 1. The first kappa shape index (κ1) is 13.8. The van der Waals surface area contributed by atoms with Crippen molar-refractivity contribution in [2.45, 2.75) is 19.1 Å². The third kappa shape index (κ3) is 3.65. The molecule has 0 saturated carbocycles. The second kappa shape index (κ2) is 5.14. The topological polar surface area (TPSA) is 70.0 Å². The van der Waals surface area contributed by atoms with E-state index in [1.807, 2.05) is 11.8 Å². The number of phenols is 1. The summed E-state index contributed by atoms with van der Waals surface area (Å²) < 4.78 is 18.4. The van der Waals surface area contributed by atoms with E-state index in [1.54, 1.807) is 0 Å². The number of hydrogen-bond donors (Lipinski definition) is 2. The first-order chi connectivity index (χ1) is 8.86. The van der Waals surface area contributed by atoms with Crippen molar-refractivity contribution in [1.29, 1.82) is 0 Å². The fourth-order valence-corrected chi connectivity index (χ4v) is 2.32. The number of benzene rings is 1. The zero-order chi connectivity index (χ0) is 14.0. The van der Waals surface area contributed by atoms with E-state index >= 15 is 0 Å². The summed E-state index contributed by atoms with van der Waals surface area (Å²) in [6, 6.07) is 3.93. The van der Waals surface area contributed by atoms with Crippen molar-refractivity contribution in [3.63, 3.8) is 0 Å². The fourth-order valence-electron chi connectivity index (χ4n) is 2.32. The van der Waals surface area contributed by atoms with Gasteiger partial charge in [-0.2, -0.15) is 0 Å². The van der Waals surface area contributed by atoms with Gasteiger partial charge >= 0.3 is 5.97 Å². The molecule has 0 unspecified atom stereocenters. The lowest BCUT2D eigenvalue weighted by Crippen LogP contribution is -2.61. The van der Waals surface area contributed by atoms with Crippen molar-refractivity contribution in [3.05, 3.63) is 29.6 Å². The summed E-state index contributed by atoms with van der Waals surface area (Å²) in [5, 5.41) is 17.8. The number of carbonyl (C=O) groups is 1. The third-order valence-corrected chi connectivity index (χ3v) is 3.01. The predicted octanol–water partition coefficient (Wildman–Crippen LogP) is 1.21. The minimum Gasteiger partial charge on any atom is -0.508 e. The molecule has 1 aliphatic heterocycles. The molecule has 0 spiro atoms. The first-order valence-electron chi connectivity index (χ1n) is 5.93. The van der Waals surface area contributed by atoms with Crippen molar-refractivity contribution < 1.29 is 24.1 Å². The zero-order valence-electron chi connectivity index (χ0n) is 10.6. The number of nitrogens with zero attached hydrogens (tertiary/aromatic N) is 1. The molecule has 0 bridgehead atoms. The average molecular weight is 269 g/mol. The van der Waals surface area contributed by atoms with Crippen LogP contribution in [0.3, 0.4) is 0 Å². The normalized spacial score (nSPS) is 18.0. The molecule has 0 amide bonds. The van der Waals surface area contributed by atoms with Crippen LogP contribution in [-0.4, -0.2) is 46.4 Å². The van der Waals surface area contributed by atoms with E-state index in [4.69, 9.17) is 9.84 Å². The molecule has 0 aromatic heterocycles. The highest BCUT2D eigenvalue weighted by Crippen LogP contribution is 2.27. The summed E-state index contributed by atoms with van der Waals surface area (Å²) >= 11 is 0. The van der Waals surface area contributed by atoms with Crippen LogP contribution in [0.5, 0.6) is 5.75 Å². The lowest BCUT2D eigenvalue weighted by molar-refractivity contribution is -0.165. The van der Waals surface area contributed by atoms with Crippen molar-refractivity contribution in [2.75, 3.05) is 19.7 Å².